The van der Waals surface area contributed by atoms with Crippen molar-refractivity contribution in [2.75, 3.05) is 0 Å². The Hall–Kier alpha value is 0.196. The fourth-order valence-corrected chi connectivity index (χ4v) is 0. The molecule has 0 aliphatic rings. The minimum absolute atomic E-state index is 0. The van der Waals surface area contributed by atoms with Crippen LogP contribution in [0.2, 0.25) is 0 Å². The van der Waals surface area contributed by atoms with Gasteiger partial charge in [0.25, 0.3) is 0 Å². The van der Waals surface area contributed by atoms with E-state index >= 15 is 0 Å². The van der Waals surface area contributed by atoms with Crippen molar-refractivity contribution in [2.45, 2.75) is 13.0 Å². The summed E-state index contributed by atoms with van der Waals surface area (Å²) in [7, 11) is 0. The molecule has 0 fully saturated rings. The molecule has 0 aromatic rings. The smallest absolute Gasteiger partial charge is 0.547 e. The molecule has 0 aliphatic carbocycles. The second-order valence-electron chi connectivity index (χ2n) is 0.995. The van der Waals surface area contributed by atoms with Gasteiger partial charge in [0.1, 0.15) is 0 Å². The maximum atomic E-state index is 9.34. The summed E-state index contributed by atoms with van der Waals surface area (Å²) in [5.74, 6) is -1.44. The molecule has 4 heteroatoms. The van der Waals surface area contributed by atoms with Crippen LogP contribution in [0, 0.1) is 0 Å². The topological polar surface area (TPSA) is 60.4 Å². The molecule has 0 radical (unpaired) electrons. The largest absolute Gasteiger partial charge is 2.00 e. The van der Waals surface area contributed by atoms with Gasteiger partial charge in [-0.25, -0.2) is 0 Å². The molecule has 1 unspecified atom stereocenters. The summed E-state index contributed by atoms with van der Waals surface area (Å²) in [6.07, 6.45) is -1.34. The van der Waals surface area contributed by atoms with Gasteiger partial charge in [-0.1, -0.05) is 0 Å². The van der Waals surface area contributed by atoms with Gasteiger partial charge in [-0.3, -0.25) is 0 Å². The van der Waals surface area contributed by atoms with Crippen molar-refractivity contribution < 1.29 is 15.0 Å². The first-order valence-electron chi connectivity index (χ1n) is 1.53. The van der Waals surface area contributed by atoms with E-state index in [1.54, 1.807) is 0 Å². The predicted octanol–water partition coefficient (Wildman–Crippen LogP) is -2.26. The third-order valence-corrected chi connectivity index (χ3v) is 0.341. The van der Waals surface area contributed by atoms with Gasteiger partial charge in [0.05, 0.1) is 12.1 Å². The molecule has 0 aliphatic heterocycles. The van der Waals surface area contributed by atoms with Gasteiger partial charge in [0.15, 0.2) is 0 Å². The first-order chi connectivity index (χ1) is 2.64. The zero-order valence-electron chi connectivity index (χ0n) is 4.05. The summed E-state index contributed by atoms with van der Waals surface area (Å²) in [6, 6.07) is 0. The number of hydrogen-bond acceptors (Lipinski definition) is 3. The average molecular weight is 113 g/mol. The van der Waals surface area contributed by atoms with E-state index in [2.05, 4.69) is 0 Å². The van der Waals surface area contributed by atoms with Gasteiger partial charge in [-0.15, -0.1) is 0 Å². The Morgan fingerprint density at radius 2 is 2.00 bits per heavy atom. The molecule has 0 spiro atoms. The summed E-state index contributed by atoms with van der Waals surface area (Å²) >= 11 is 0. The van der Waals surface area contributed by atoms with Crippen LogP contribution >= 0.6 is 0 Å². The van der Waals surface area contributed by atoms with Crippen LogP contribution < -0.4 is 5.11 Å². The first-order valence-corrected chi connectivity index (χ1v) is 1.53. The maximum Gasteiger partial charge on any atom is 2.00 e. The summed E-state index contributed by atoms with van der Waals surface area (Å²) in [6.45, 7) is 1.13. The molecule has 0 heterocycles. The molecule has 0 aromatic carbocycles. The van der Waals surface area contributed by atoms with Crippen molar-refractivity contribution in [1.29, 1.82) is 0 Å². The van der Waals surface area contributed by atoms with E-state index < -0.39 is 12.1 Å². The standard InChI is InChI=1S/C3H6O3.Mg/c1-2(4)3(5)6;/h2,4H,1H3,(H,5,6);/q;+2/p-1. The molecule has 1 N–H and O–H groups in total. The van der Waals surface area contributed by atoms with Crippen molar-refractivity contribution in [3.8, 4) is 0 Å². The van der Waals surface area contributed by atoms with Crippen LogP contribution in [0.4, 0.5) is 0 Å². The van der Waals surface area contributed by atoms with Gasteiger partial charge in [0, 0.05) is 0 Å². The van der Waals surface area contributed by atoms with Gasteiger partial charge >= 0.3 is 23.1 Å². The van der Waals surface area contributed by atoms with Crippen LogP contribution in [0.25, 0.3) is 0 Å². The second kappa shape index (κ2) is 4.36. The van der Waals surface area contributed by atoms with E-state index in [1.165, 1.54) is 0 Å². The average Bonchev–Trinajstić information content (AvgIpc) is 1.36. The van der Waals surface area contributed by atoms with Crippen LogP contribution in [0.5, 0.6) is 0 Å². The van der Waals surface area contributed by atoms with Crippen molar-refractivity contribution in [3.63, 3.8) is 0 Å². The summed E-state index contributed by atoms with van der Waals surface area (Å²) in [4.78, 5) is 9.34. The van der Waals surface area contributed by atoms with E-state index in [0.717, 1.165) is 6.92 Å². The summed E-state index contributed by atoms with van der Waals surface area (Å²) in [5, 5.41) is 17.3. The van der Waals surface area contributed by atoms with E-state index in [9.17, 15) is 9.90 Å². The Morgan fingerprint density at radius 3 is 2.00 bits per heavy atom. The number of carboxylic acid groups (broad SMARTS) is 1. The van der Waals surface area contributed by atoms with Gasteiger partial charge in [-0.2, -0.15) is 0 Å². The molecular weight excluding hydrogens is 108 g/mol. The molecule has 1 atom stereocenters. The first kappa shape index (κ1) is 10.2. The fraction of sp³-hybridized carbons (Fsp3) is 0.667. The Kier molecular flexibility index (Phi) is 6.37. The number of aliphatic hydroxyl groups excluding tert-OH is 1. The minimum Gasteiger partial charge on any atom is -0.547 e. The number of carboxylic acids is 1. The van der Waals surface area contributed by atoms with E-state index in [1.807, 2.05) is 0 Å². The number of aliphatic carboxylic acids is 1. The third-order valence-electron chi connectivity index (χ3n) is 0.341. The summed E-state index contributed by atoms with van der Waals surface area (Å²) in [5.41, 5.74) is 0. The zero-order valence-corrected chi connectivity index (χ0v) is 5.46. The second-order valence-corrected chi connectivity index (χ2v) is 0.995. The van der Waals surface area contributed by atoms with Gasteiger partial charge < -0.3 is 15.0 Å². The zero-order chi connectivity index (χ0) is 5.15. The van der Waals surface area contributed by atoms with Crippen LogP contribution in [0.1, 0.15) is 6.92 Å². The molecule has 0 saturated carbocycles. The molecule has 3 nitrogen and oxygen atoms in total. The normalized spacial score (nSPS) is 11.7. The van der Waals surface area contributed by atoms with Gasteiger partial charge in [0.2, 0.25) is 0 Å². The van der Waals surface area contributed by atoms with Crippen molar-refractivity contribution >= 4 is 29.0 Å². The molecular formula is C3H5MgO3+. The molecule has 36 valence electrons. The fourth-order valence-electron chi connectivity index (χ4n) is 0. The van der Waals surface area contributed by atoms with Gasteiger partial charge in [-0.05, 0) is 6.92 Å². The number of rotatable bonds is 1. The molecule has 0 saturated heterocycles. The van der Waals surface area contributed by atoms with E-state index in [-0.39, 0.29) is 23.1 Å². The molecule has 0 aromatic heterocycles. The number of hydrogen-bond donors (Lipinski definition) is 1. The number of aliphatic hydroxyl groups is 1. The Balaban J connectivity index is 0. The predicted molar refractivity (Wildman–Crippen MR) is 22.4 cm³/mol. The molecule has 0 bridgehead atoms. The SMILES string of the molecule is CC(O)C(=O)[O-].[Mg+2]. The van der Waals surface area contributed by atoms with E-state index in [4.69, 9.17) is 5.11 Å². The third kappa shape index (κ3) is 6.20. The Bertz CT molecular complexity index is 61.2. The number of carbonyl (C=O) groups is 1. The minimum atomic E-state index is -1.44. The van der Waals surface area contributed by atoms with Crippen LogP contribution in [0.3, 0.4) is 0 Å². The van der Waals surface area contributed by atoms with Crippen LogP contribution in [-0.4, -0.2) is 40.2 Å². The Labute approximate surface area is 57.5 Å². The van der Waals surface area contributed by atoms with Crippen molar-refractivity contribution in [1.82, 2.24) is 0 Å². The molecule has 0 rings (SSSR count). The van der Waals surface area contributed by atoms with E-state index in [0.29, 0.717) is 0 Å². The molecule has 0 amide bonds. The maximum absolute atomic E-state index is 9.34. The van der Waals surface area contributed by atoms with Crippen molar-refractivity contribution in [3.05, 3.63) is 0 Å². The monoisotopic (exact) mass is 113 g/mol. The summed E-state index contributed by atoms with van der Waals surface area (Å²) < 4.78 is 0. The van der Waals surface area contributed by atoms with Crippen molar-refractivity contribution in [2.24, 2.45) is 0 Å². The quantitative estimate of drug-likeness (QED) is 0.390. The van der Waals surface area contributed by atoms with Crippen LogP contribution in [0.15, 0.2) is 0 Å². The van der Waals surface area contributed by atoms with Crippen LogP contribution in [-0.2, 0) is 4.79 Å². The number of carbonyl (C=O) groups excluding carboxylic acids is 1. The Morgan fingerprint density at radius 1 is 1.86 bits per heavy atom. The molecule has 7 heavy (non-hydrogen) atoms.